The fourth-order valence-corrected chi connectivity index (χ4v) is 2.93. The Morgan fingerprint density at radius 1 is 1.27 bits per heavy atom. The Balaban J connectivity index is 1.56. The minimum atomic E-state index is -0.514. The van der Waals surface area contributed by atoms with E-state index in [1.807, 2.05) is 20.8 Å². The van der Waals surface area contributed by atoms with Crippen LogP contribution >= 0.6 is 0 Å². The topological polar surface area (TPSA) is 95.9 Å². The molecule has 0 aliphatic carbocycles. The van der Waals surface area contributed by atoms with Crippen molar-refractivity contribution in [2.45, 2.75) is 45.3 Å². The van der Waals surface area contributed by atoms with E-state index in [1.54, 1.807) is 21.7 Å². The Kier molecular flexibility index (Phi) is 4.76. The van der Waals surface area contributed by atoms with Crippen LogP contribution in [0.4, 0.5) is 4.79 Å². The van der Waals surface area contributed by atoms with Crippen molar-refractivity contribution in [2.24, 2.45) is 0 Å². The molecule has 2 aromatic heterocycles. The molecule has 0 spiro atoms. The van der Waals surface area contributed by atoms with E-state index in [9.17, 15) is 14.4 Å². The summed E-state index contributed by atoms with van der Waals surface area (Å²) in [6, 6.07) is 2.87. The zero-order valence-corrected chi connectivity index (χ0v) is 15.2. The van der Waals surface area contributed by atoms with Crippen LogP contribution in [0.15, 0.2) is 29.3 Å². The number of imidazole rings is 1. The van der Waals surface area contributed by atoms with Gasteiger partial charge in [0.05, 0.1) is 0 Å². The molecule has 0 unspecified atom stereocenters. The Morgan fingerprint density at radius 2 is 1.96 bits per heavy atom. The average Bonchev–Trinajstić information content (AvgIpc) is 2.97. The summed E-state index contributed by atoms with van der Waals surface area (Å²) >= 11 is 0. The summed E-state index contributed by atoms with van der Waals surface area (Å²) in [5.41, 5.74) is 0.334. The summed E-state index contributed by atoms with van der Waals surface area (Å²) in [4.78, 5) is 40.5. The van der Waals surface area contributed by atoms with Crippen molar-refractivity contribution < 1.29 is 14.3 Å². The maximum absolute atomic E-state index is 12.4. The van der Waals surface area contributed by atoms with Gasteiger partial charge < -0.3 is 24.3 Å². The quantitative estimate of drug-likeness (QED) is 0.853. The molecule has 1 fully saturated rings. The lowest BCUT2D eigenvalue weighted by Crippen LogP contribution is -2.47. The molecule has 0 radical (unpaired) electrons. The van der Waals surface area contributed by atoms with Crippen LogP contribution in [0.5, 0.6) is 0 Å². The van der Waals surface area contributed by atoms with Gasteiger partial charge in [0.15, 0.2) is 5.43 Å². The molecule has 3 rings (SSSR count). The minimum Gasteiger partial charge on any atom is -0.444 e. The van der Waals surface area contributed by atoms with E-state index in [-0.39, 0.29) is 23.5 Å². The molecule has 2 aromatic rings. The van der Waals surface area contributed by atoms with E-state index in [1.165, 1.54) is 12.1 Å². The highest BCUT2D eigenvalue weighted by Crippen LogP contribution is 2.16. The van der Waals surface area contributed by atoms with Crippen molar-refractivity contribution in [1.82, 2.24) is 19.6 Å². The molecule has 0 aromatic carbocycles. The number of aromatic nitrogens is 2. The predicted molar refractivity (Wildman–Crippen MR) is 96.3 cm³/mol. The molecule has 3 heterocycles. The molecule has 0 saturated carbocycles. The molecular weight excluding hydrogens is 336 g/mol. The highest BCUT2D eigenvalue weighted by Gasteiger charge is 2.27. The summed E-state index contributed by atoms with van der Waals surface area (Å²) in [6.45, 7) is 6.60. The Hall–Kier alpha value is -2.77. The van der Waals surface area contributed by atoms with Crippen molar-refractivity contribution >= 4 is 17.6 Å². The van der Waals surface area contributed by atoms with Gasteiger partial charge in [-0.2, -0.15) is 0 Å². The third-order valence-electron chi connectivity index (χ3n) is 4.21. The van der Waals surface area contributed by atoms with Gasteiger partial charge in [-0.1, -0.05) is 0 Å². The van der Waals surface area contributed by atoms with Crippen molar-refractivity contribution in [3.63, 3.8) is 0 Å². The SMILES string of the molecule is CC(C)(C)OC(=O)N1CCC(NC(=O)c2cn3ccc(=O)cc3[nH]2)CC1. The van der Waals surface area contributed by atoms with E-state index in [4.69, 9.17) is 4.74 Å². The molecule has 1 aliphatic rings. The van der Waals surface area contributed by atoms with Gasteiger partial charge in [-0.3, -0.25) is 9.59 Å². The first kappa shape index (κ1) is 18.0. The normalized spacial score (nSPS) is 15.9. The minimum absolute atomic E-state index is 0.00679. The number of likely N-dealkylation sites (tertiary alicyclic amines) is 1. The van der Waals surface area contributed by atoms with Crippen LogP contribution in [-0.4, -0.2) is 51.0 Å². The van der Waals surface area contributed by atoms with Crippen molar-refractivity contribution in [1.29, 1.82) is 0 Å². The number of hydrogen-bond donors (Lipinski definition) is 2. The molecule has 1 aliphatic heterocycles. The van der Waals surface area contributed by atoms with Crippen LogP contribution in [0, 0.1) is 0 Å². The maximum Gasteiger partial charge on any atom is 0.410 e. The van der Waals surface area contributed by atoms with Gasteiger partial charge in [0.2, 0.25) is 0 Å². The Morgan fingerprint density at radius 3 is 2.62 bits per heavy atom. The second kappa shape index (κ2) is 6.86. The van der Waals surface area contributed by atoms with Crippen LogP contribution < -0.4 is 10.7 Å². The predicted octanol–water partition coefficient (Wildman–Crippen LogP) is 1.76. The number of ether oxygens (including phenoxy) is 1. The third kappa shape index (κ3) is 4.25. The zero-order chi connectivity index (χ0) is 18.9. The van der Waals surface area contributed by atoms with Crippen LogP contribution in [0.3, 0.4) is 0 Å². The van der Waals surface area contributed by atoms with Crippen molar-refractivity contribution in [3.05, 3.63) is 40.4 Å². The molecule has 0 atom stereocenters. The van der Waals surface area contributed by atoms with E-state index in [0.29, 0.717) is 37.3 Å². The number of hydrogen-bond acceptors (Lipinski definition) is 4. The number of nitrogens with zero attached hydrogens (tertiary/aromatic N) is 2. The summed E-state index contributed by atoms with van der Waals surface area (Å²) in [5.74, 6) is -0.225. The molecule has 8 nitrogen and oxygen atoms in total. The third-order valence-corrected chi connectivity index (χ3v) is 4.21. The monoisotopic (exact) mass is 360 g/mol. The second-order valence-corrected chi connectivity index (χ2v) is 7.54. The molecule has 140 valence electrons. The van der Waals surface area contributed by atoms with Crippen LogP contribution in [-0.2, 0) is 4.74 Å². The fourth-order valence-electron chi connectivity index (χ4n) is 2.93. The summed E-state index contributed by atoms with van der Waals surface area (Å²) in [5, 5.41) is 2.98. The number of pyridine rings is 1. The van der Waals surface area contributed by atoms with E-state index >= 15 is 0 Å². The van der Waals surface area contributed by atoms with Gasteiger partial charge in [-0.15, -0.1) is 0 Å². The van der Waals surface area contributed by atoms with E-state index < -0.39 is 5.60 Å². The molecule has 2 amide bonds. The number of nitrogens with one attached hydrogen (secondary N) is 2. The number of fused-ring (bicyclic) bond motifs is 1. The molecule has 8 heteroatoms. The van der Waals surface area contributed by atoms with Crippen molar-refractivity contribution in [2.75, 3.05) is 13.1 Å². The lowest BCUT2D eigenvalue weighted by Gasteiger charge is -2.33. The van der Waals surface area contributed by atoms with Crippen LogP contribution in [0.1, 0.15) is 44.1 Å². The first-order valence-corrected chi connectivity index (χ1v) is 8.71. The summed E-state index contributed by atoms with van der Waals surface area (Å²) < 4.78 is 7.07. The molecular formula is C18H24N4O4. The number of carbonyl (C=O) groups excluding carboxylic acids is 2. The number of H-pyrrole nitrogens is 1. The number of carbonyl (C=O) groups is 2. The van der Waals surface area contributed by atoms with Gasteiger partial charge >= 0.3 is 6.09 Å². The average molecular weight is 360 g/mol. The van der Waals surface area contributed by atoms with Gasteiger partial charge in [-0.25, -0.2) is 4.79 Å². The number of piperidine rings is 1. The second-order valence-electron chi connectivity index (χ2n) is 7.54. The number of rotatable bonds is 2. The van der Waals surface area contributed by atoms with Gasteiger partial charge in [0.1, 0.15) is 16.9 Å². The smallest absolute Gasteiger partial charge is 0.410 e. The zero-order valence-electron chi connectivity index (χ0n) is 15.2. The Bertz CT molecular complexity index is 869. The van der Waals surface area contributed by atoms with Crippen LogP contribution in [0.25, 0.3) is 5.65 Å². The molecule has 1 saturated heterocycles. The van der Waals surface area contributed by atoms with Gasteiger partial charge in [-0.05, 0) is 33.6 Å². The highest BCUT2D eigenvalue weighted by atomic mass is 16.6. The standard InChI is InChI=1S/C18H24N4O4/c1-18(2,3)26-17(25)21-7-4-12(5-8-21)19-16(24)14-11-22-9-6-13(23)10-15(22)20-14/h6,9-12,20H,4-5,7-8H2,1-3H3,(H,19,24). The van der Waals surface area contributed by atoms with Crippen molar-refractivity contribution in [3.8, 4) is 0 Å². The summed E-state index contributed by atoms with van der Waals surface area (Å²) in [6.07, 6.45) is 4.29. The number of amides is 2. The molecule has 26 heavy (non-hydrogen) atoms. The molecule has 2 N–H and O–H groups in total. The van der Waals surface area contributed by atoms with E-state index in [0.717, 1.165) is 0 Å². The lowest BCUT2D eigenvalue weighted by atomic mass is 10.1. The highest BCUT2D eigenvalue weighted by molar-refractivity contribution is 5.93. The summed E-state index contributed by atoms with van der Waals surface area (Å²) in [7, 11) is 0. The number of aromatic amines is 1. The fraction of sp³-hybridized carbons (Fsp3) is 0.500. The lowest BCUT2D eigenvalue weighted by molar-refractivity contribution is 0.0199. The van der Waals surface area contributed by atoms with Crippen LogP contribution in [0.2, 0.25) is 0 Å². The Labute approximate surface area is 151 Å². The van der Waals surface area contributed by atoms with Gasteiger partial charge in [0, 0.05) is 43.7 Å². The van der Waals surface area contributed by atoms with E-state index in [2.05, 4.69) is 10.3 Å². The van der Waals surface area contributed by atoms with Gasteiger partial charge in [0.25, 0.3) is 5.91 Å². The first-order chi connectivity index (χ1) is 12.2. The maximum atomic E-state index is 12.4. The molecule has 0 bridgehead atoms. The first-order valence-electron chi connectivity index (χ1n) is 8.71. The largest absolute Gasteiger partial charge is 0.444 e.